The van der Waals surface area contributed by atoms with Gasteiger partial charge in [0.1, 0.15) is 5.75 Å². The van der Waals surface area contributed by atoms with Gasteiger partial charge in [-0.2, -0.15) is 0 Å². The topological polar surface area (TPSA) is 33.7 Å². The van der Waals surface area contributed by atoms with Gasteiger partial charge in [0.05, 0.1) is 20.3 Å². The molecule has 1 heterocycles. The third kappa shape index (κ3) is 9.11. The molecule has 0 aromatic heterocycles. The Kier molecular flexibility index (Phi) is 14.3. The van der Waals surface area contributed by atoms with Crippen LogP contribution in [-0.2, 0) is 17.8 Å². The van der Waals surface area contributed by atoms with Gasteiger partial charge in [-0.1, -0.05) is 32.3 Å². The summed E-state index contributed by atoms with van der Waals surface area (Å²) in [5, 5.41) is 3.55. The molecule has 1 aromatic rings. The minimum Gasteiger partial charge on any atom is -0.496 e. The minimum atomic E-state index is 0. The highest BCUT2D eigenvalue weighted by molar-refractivity contribution is 5.85. The molecular formula is C19H34Cl2N2O2. The Morgan fingerprint density at radius 1 is 1.12 bits per heavy atom. The number of rotatable bonds is 10. The van der Waals surface area contributed by atoms with Gasteiger partial charge in [0.15, 0.2) is 0 Å². The summed E-state index contributed by atoms with van der Waals surface area (Å²) in [5.74, 6) is 0.989. The van der Waals surface area contributed by atoms with E-state index in [1.54, 1.807) is 7.11 Å². The molecular weight excluding hydrogens is 359 g/mol. The normalized spacial score (nSPS) is 14.5. The van der Waals surface area contributed by atoms with E-state index in [1.807, 2.05) is 0 Å². The maximum Gasteiger partial charge on any atom is 0.123 e. The van der Waals surface area contributed by atoms with E-state index in [0.717, 1.165) is 51.7 Å². The second kappa shape index (κ2) is 14.6. The van der Waals surface area contributed by atoms with Crippen molar-refractivity contribution in [3.63, 3.8) is 0 Å². The number of benzene rings is 1. The van der Waals surface area contributed by atoms with Gasteiger partial charge >= 0.3 is 0 Å². The predicted octanol–water partition coefficient (Wildman–Crippen LogP) is 4.04. The quantitative estimate of drug-likeness (QED) is 0.609. The van der Waals surface area contributed by atoms with Crippen molar-refractivity contribution in [3.05, 3.63) is 29.3 Å². The first-order chi connectivity index (χ1) is 11.3. The average molecular weight is 393 g/mol. The Bertz CT molecular complexity index is 455. The van der Waals surface area contributed by atoms with Crippen LogP contribution >= 0.6 is 24.8 Å². The van der Waals surface area contributed by atoms with Gasteiger partial charge < -0.3 is 14.8 Å². The average Bonchev–Trinajstić information content (AvgIpc) is 2.59. The second-order valence-corrected chi connectivity index (χ2v) is 6.27. The summed E-state index contributed by atoms with van der Waals surface area (Å²) in [6.07, 6.45) is 5.23. The molecule has 1 N–H and O–H groups in total. The van der Waals surface area contributed by atoms with Gasteiger partial charge in [0, 0.05) is 31.7 Å². The Morgan fingerprint density at radius 3 is 2.56 bits per heavy atom. The number of hydrogen-bond acceptors (Lipinski definition) is 4. The number of halogens is 2. The van der Waals surface area contributed by atoms with Gasteiger partial charge in [-0.3, -0.25) is 4.90 Å². The highest BCUT2D eigenvalue weighted by atomic mass is 35.5. The van der Waals surface area contributed by atoms with Gasteiger partial charge in [0.25, 0.3) is 0 Å². The molecule has 0 unspecified atom stereocenters. The summed E-state index contributed by atoms with van der Waals surface area (Å²) in [6.45, 7) is 8.91. The summed E-state index contributed by atoms with van der Waals surface area (Å²) in [4.78, 5) is 2.43. The smallest absolute Gasteiger partial charge is 0.123 e. The standard InChI is InChI=1S/C19H32N2O2.2ClH/c1-3-4-5-6-9-20-15-17-7-8-19(22-2)18(14-17)16-21-10-12-23-13-11-21;;/h7-8,14,20H,3-6,9-13,15-16H2,1-2H3;2*1H. The van der Waals surface area contributed by atoms with Crippen LogP contribution in [0.5, 0.6) is 5.75 Å². The van der Waals surface area contributed by atoms with Crippen LogP contribution in [0.3, 0.4) is 0 Å². The summed E-state index contributed by atoms with van der Waals surface area (Å²) in [5.41, 5.74) is 2.62. The Labute approximate surface area is 165 Å². The van der Waals surface area contributed by atoms with Gasteiger partial charge in [-0.05, 0) is 30.7 Å². The van der Waals surface area contributed by atoms with E-state index >= 15 is 0 Å². The molecule has 2 rings (SSSR count). The molecule has 146 valence electrons. The highest BCUT2D eigenvalue weighted by Gasteiger charge is 2.13. The van der Waals surface area contributed by atoms with Crippen molar-refractivity contribution in [1.82, 2.24) is 10.2 Å². The molecule has 0 saturated carbocycles. The van der Waals surface area contributed by atoms with Crippen molar-refractivity contribution in [2.75, 3.05) is 40.0 Å². The first-order valence-corrected chi connectivity index (χ1v) is 9.00. The summed E-state index contributed by atoms with van der Waals surface area (Å²) in [6, 6.07) is 6.55. The molecule has 0 radical (unpaired) electrons. The Balaban J connectivity index is 0.00000288. The lowest BCUT2D eigenvalue weighted by atomic mass is 10.1. The van der Waals surface area contributed by atoms with Crippen molar-refractivity contribution in [2.45, 2.75) is 45.7 Å². The van der Waals surface area contributed by atoms with E-state index in [1.165, 1.54) is 36.8 Å². The zero-order chi connectivity index (χ0) is 16.3. The third-order valence-corrected chi connectivity index (χ3v) is 4.38. The number of nitrogens with zero attached hydrogens (tertiary/aromatic N) is 1. The predicted molar refractivity (Wildman–Crippen MR) is 109 cm³/mol. The number of ether oxygens (including phenoxy) is 2. The number of nitrogens with one attached hydrogen (secondary N) is 1. The largest absolute Gasteiger partial charge is 0.496 e. The monoisotopic (exact) mass is 392 g/mol. The second-order valence-electron chi connectivity index (χ2n) is 6.27. The fourth-order valence-electron chi connectivity index (χ4n) is 2.98. The molecule has 0 aliphatic carbocycles. The summed E-state index contributed by atoms with van der Waals surface area (Å²) in [7, 11) is 1.75. The maximum absolute atomic E-state index is 5.53. The SMILES string of the molecule is CCCCCCNCc1ccc(OC)c(CN2CCOCC2)c1.Cl.Cl. The highest BCUT2D eigenvalue weighted by Crippen LogP contribution is 2.22. The number of unbranched alkanes of at least 4 members (excludes halogenated alkanes) is 3. The zero-order valence-corrected chi connectivity index (χ0v) is 17.2. The van der Waals surface area contributed by atoms with Crippen molar-refractivity contribution in [1.29, 1.82) is 0 Å². The Hall–Kier alpha value is -0.520. The maximum atomic E-state index is 5.53. The lowest BCUT2D eigenvalue weighted by Gasteiger charge is -2.27. The van der Waals surface area contributed by atoms with Gasteiger partial charge in [-0.25, -0.2) is 0 Å². The van der Waals surface area contributed by atoms with Crippen molar-refractivity contribution >= 4 is 24.8 Å². The third-order valence-electron chi connectivity index (χ3n) is 4.38. The van der Waals surface area contributed by atoms with Crippen LogP contribution < -0.4 is 10.1 Å². The first kappa shape index (κ1) is 24.5. The summed E-state index contributed by atoms with van der Waals surface area (Å²) < 4.78 is 11.0. The van der Waals surface area contributed by atoms with E-state index < -0.39 is 0 Å². The fourth-order valence-corrected chi connectivity index (χ4v) is 2.98. The first-order valence-electron chi connectivity index (χ1n) is 9.00. The van der Waals surface area contributed by atoms with Gasteiger partial charge in [-0.15, -0.1) is 24.8 Å². The van der Waals surface area contributed by atoms with E-state index in [0.29, 0.717) is 0 Å². The van der Waals surface area contributed by atoms with Crippen LogP contribution in [-0.4, -0.2) is 44.9 Å². The van der Waals surface area contributed by atoms with Crippen LogP contribution in [0.15, 0.2) is 18.2 Å². The van der Waals surface area contributed by atoms with Crippen LogP contribution in [0.4, 0.5) is 0 Å². The number of methoxy groups -OCH3 is 1. The van der Waals surface area contributed by atoms with Crippen molar-refractivity contribution in [2.24, 2.45) is 0 Å². The molecule has 1 saturated heterocycles. The van der Waals surface area contributed by atoms with E-state index in [9.17, 15) is 0 Å². The Morgan fingerprint density at radius 2 is 1.88 bits per heavy atom. The van der Waals surface area contributed by atoms with E-state index in [4.69, 9.17) is 9.47 Å². The molecule has 1 aliphatic rings. The lowest BCUT2D eigenvalue weighted by molar-refractivity contribution is 0.0339. The van der Waals surface area contributed by atoms with E-state index in [-0.39, 0.29) is 24.8 Å². The van der Waals surface area contributed by atoms with Crippen LogP contribution in [0, 0.1) is 0 Å². The van der Waals surface area contributed by atoms with Crippen LogP contribution in [0.25, 0.3) is 0 Å². The molecule has 0 amide bonds. The number of hydrogen-bond donors (Lipinski definition) is 1. The zero-order valence-electron chi connectivity index (χ0n) is 15.6. The molecule has 0 atom stereocenters. The fraction of sp³-hybridized carbons (Fsp3) is 0.684. The molecule has 6 heteroatoms. The number of morpholine rings is 1. The lowest BCUT2D eigenvalue weighted by Crippen LogP contribution is -2.35. The van der Waals surface area contributed by atoms with Gasteiger partial charge in [0.2, 0.25) is 0 Å². The van der Waals surface area contributed by atoms with Crippen LogP contribution in [0.1, 0.15) is 43.7 Å². The summed E-state index contributed by atoms with van der Waals surface area (Å²) >= 11 is 0. The molecule has 4 nitrogen and oxygen atoms in total. The molecule has 0 bridgehead atoms. The molecule has 1 fully saturated rings. The van der Waals surface area contributed by atoms with E-state index in [2.05, 4.69) is 35.3 Å². The van der Waals surface area contributed by atoms with Crippen molar-refractivity contribution < 1.29 is 9.47 Å². The molecule has 0 spiro atoms. The molecule has 1 aliphatic heterocycles. The van der Waals surface area contributed by atoms with Crippen molar-refractivity contribution in [3.8, 4) is 5.75 Å². The molecule has 1 aromatic carbocycles. The van der Waals surface area contributed by atoms with Crippen LogP contribution in [0.2, 0.25) is 0 Å². The minimum absolute atomic E-state index is 0. The molecule has 25 heavy (non-hydrogen) atoms.